The number of carbonyl (C=O) groups excluding carboxylic acids is 1. The SMILES string of the molecule is CS(=O)(=O)c1ccc(OCC(=O)Nc2cccc(Cl)c2)cc1. The molecule has 7 heteroatoms. The Morgan fingerprint density at radius 2 is 1.86 bits per heavy atom. The van der Waals surface area contributed by atoms with Crippen LogP contribution in [-0.4, -0.2) is 27.2 Å². The Balaban J connectivity index is 1.91. The van der Waals surface area contributed by atoms with Gasteiger partial charge in [0.1, 0.15) is 5.75 Å². The minimum Gasteiger partial charge on any atom is -0.484 e. The van der Waals surface area contributed by atoms with Crippen molar-refractivity contribution in [2.45, 2.75) is 4.90 Å². The van der Waals surface area contributed by atoms with Crippen LogP contribution in [0.4, 0.5) is 5.69 Å². The average Bonchev–Trinajstić information content (AvgIpc) is 2.45. The number of anilines is 1. The fourth-order valence-corrected chi connectivity index (χ4v) is 2.52. The topological polar surface area (TPSA) is 72.5 Å². The fourth-order valence-electron chi connectivity index (χ4n) is 1.70. The zero-order valence-electron chi connectivity index (χ0n) is 11.7. The minimum absolute atomic E-state index is 0.190. The first-order valence-electron chi connectivity index (χ1n) is 6.33. The molecule has 0 atom stereocenters. The molecule has 22 heavy (non-hydrogen) atoms. The van der Waals surface area contributed by atoms with Crippen molar-refractivity contribution < 1.29 is 17.9 Å². The lowest BCUT2D eigenvalue weighted by Crippen LogP contribution is -2.20. The third-order valence-corrected chi connectivity index (χ3v) is 4.09. The van der Waals surface area contributed by atoms with Crippen molar-refractivity contribution >= 4 is 33.0 Å². The molecule has 0 unspecified atom stereocenters. The van der Waals surface area contributed by atoms with Gasteiger partial charge in [-0.25, -0.2) is 8.42 Å². The summed E-state index contributed by atoms with van der Waals surface area (Å²) < 4.78 is 27.9. The van der Waals surface area contributed by atoms with Gasteiger partial charge in [0.25, 0.3) is 5.91 Å². The number of halogens is 1. The van der Waals surface area contributed by atoms with Gasteiger partial charge in [-0.15, -0.1) is 0 Å². The summed E-state index contributed by atoms with van der Waals surface area (Å²) in [5.74, 6) is 0.0723. The number of sulfone groups is 1. The summed E-state index contributed by atoms with van der Waals surface area (Å²) in [5.41, 5.74) is 0.577. The van der Waals surface area contributed by atoms with Gasteiger partial charge in [0, 0.05) is 17.0 Å². The van der Waals surface area contributed by atoms with Gasteiger partial charge in [0.15, 0.2) is 16.4 Å². The molecule has 0 fully saturated rings. The van der Waals surface area contributed by atoms with Crippen molar-refractivity contribution in [2.75, 3.05) is 18.2 Å². The van der Waals surface area contributed by atoms with Gasteiger partial charge >= 0.3 is 0 Å². The predicted octanol–water partition coefficient (Wildman–Crippen LogP) is 2.76. The number of hydrogen-bond acceptors (Lipinski definition) is 4. The molecule has 2 rings (SSSR count). The van der Waals surface area contributed by atoms with Crippen molar-refractivity contribution in [1.82, 2.24) is 0 Å². The standard InChI is InChI=1S/C15H14ClNO4S/c1-22(19,20)14-7-5-13(6-8-14)21-10-15(18)17-12-4-2-3-11(16)9-12/h2-9H,10H2,1H3,(H,17,18). The molecular weight excluding hydrogens is 326 g/mol. The van der Waals surface area contributed by atoms with Gasteiger partial charge in [0.05, 0.1) is 4.90 Å². The Kier molecular flexibility index (Phi) is 5.05. The normalized spacial score (nSPS) is 11.0. The maximum Gasteiger partial charge on any atom is 0.262 e. The first-order chi connectivity index (χ1) is 10.3. The van der Waals surface area contributed by atoms with Crippen molar-refractivity contribution in [3.8, 4) is 5.75 Å². The van der Waals surface area contributed by atoms with E-state index in [0.29, 0.717) is 16.5 Å². The minimum atomic E-state index is -3.24. The highest BCUT2D eigenvalue weighted by molar-refractivity contribution is 7.90. The number of benzene rings is 2. The van der Waals surface area contributed by atoms with E-state index in [1.165, 1.54) is 24.3 Å². The van der Waals surface area contributed by atoms with Crippen molar-refractivity contribution in [1.29, 1.82) is 0 Å². The molecule has 1 N–H and O–H groups in total. The van der Waals surface area contributed by atoms with Crippen LogP contribution in [0.5, 0.6) is 5.75 Å². The maximum absolute atomic E-state index is 11.7. The van der Waals surface area contributed by atoms with Gasteiger partial charge < -0.3 is 10.1 Å². The van der Waals surface area contributed by atoms with Crippen LogP contribution in [0.25, 0.3) is 0 Å². The monoisotopic (exact) mass is 339 g/mol. The van der Waals surface area contributed by atoms with Crippen LogP contribution >= 0.6 is 11.6 Å². The highest BCUT2D eigenvalue weighted by atomic mass is 35.5. The molecule has 0 aliphatic carbocycles. The van der Waals surface area contributed by atoms with E-state index in [2.05, 4.69) is 5.32 Å². The second kappa shape index (κ2) is 6.81. The highest BCUT2D eigenvalue weighted by Crippen LogP contribution is 2.17. The van der Waals surface area contributed by atoms with Crippen molar-refractivity contribution in [2.24, 2.45) is 0 Å². The molecule has 0 spiro atoms. The molecule has 1 amide bonds. The molecule has 116 valence electrons. The van der Waals surface area contributed by atoms with Crippen LogP contribution in [0.1, 0.15) is 0 Å². The van der Waals surface area contributed by atoms with E-state index in [0.717, 1.165) is 6.26 Å². The summed E-state index contributed by atoms with van der Waals surface area (Å²) >= 11 is 5.82. The summed E-state index contributed by atoms with van der Waals surface area (Å²) in [5, 5.41) is 3.17. The Hall–Kier alpha value is -2.05. The molecule has 0 saturated heterocycles. The summed E-state index contributed by atoms with van der Waals surface area (Å²) in [6, 6.07) is 12.6. The molecule has 2 aromatic carbocycles. The number of rotatable bonds is 5. The third-order valence-electron chi connectivity index (χ3n) is 2.73. The van der Waals surface area contributed by atoms with Crippen molar-refractivity contribution in [3.63, 3.8) is 0 Å². The average molecular weight is 340 g/mol. The first-order valence-corrected chi connectivity index (χ1v) is 8.60. The van der Waals surface area contributed by atoms with Gasteiger partial charge in [0.2, 0.25) is 0 Å². The molecule has 0 aromatic heterocycles. The van der Waals surface area contributed by atoms with E-state index in [1.807, 2.05) is 0 Å². The van der Waals surface area contributed by atoms with Crippen LogP contribution < -0.4 is 10.1 Å². The molecule has 0 bridgehead atoms. The highest BCUT2D eigenvalue weighted by Gasteiger charge is 2.08. The number of ether oxygens (including phenoxy) is 1. The molecular formula is C15H14ClNO4S. The smallest absolute Gasteiger partial charge is 0.262 e. The predicted molar refractivity (Wildman–Crippen MR) is 85.1 cm³/mol. The Labute approximate surface area is 133 Å². The number of carbonyl (C=O) groups is 1. The maximum atomic E-state index is 11.7. The second-order valence-electron chi connectivity index (χ2n) is 4.59. The van der Waals surface area contributed by atoms with Crippen molar-refractivity contribution in [3.05, 3.63) is 53.6 Å². The summed E-state index contributed by atoms with van der Waals surface area (Å²) in [7, 11) is -3.24. The van der Waals surface area contributed by atoms with Crippen LogP contribution in [-0.2, 0) is 14.6 Å². The number of hydrogen-bond donors (Lipinski definition) is 1. The van der Waals surface area contributed by atoms with Crippen LogP contribution in [0.3, 0.4) is 0 Å². The van der Waals surface area contributed by atoms with E-state index in [9.17, 15) is 13.2 Å². The quantitative estimate of drug-likeness (QED) is 0.909. The van der Waals surface area contributed by atoms with E-state index >= 15 is 0 Å². The number of nitrogens with one attached hydrogen (secondary N) is 1. The van der Waals surface area contributed by atoms with Crippen LogP contribution in [0.15, 0.2) is 53.4 Å². The Morgan fingerprint density at radius 3 is 2.45 bits per heavy atom. The van der Waals surface area contributed by atoms with Gasteiger partial charge in [-0.1, -0.05) is 17.7 Å². The first kappa shape index (κ1) is 16.3. The molecule has 5 nitrogen and oxygen atoms in total. The van der Waals surface area contributed by atoms with Gasteiger partial charge in [-0.05, 0) is 42.5 Å². The van der Waals surface area contributed by atoms with E-state index in [4.69, 9.17) is 16.3 Å². The third kappa shape index (κ3) is 4.75. The summed E-state index contributed by atoms with van der Waals surface area (Å²) in [6.07, 6.45) is 1.13. The molecule has 0 aliphatic heterocycles. The zero-order chi connectivity index (χ0) is 16.2. The number of amides is 1. The zero-order valence-corrected chi connectivity index (χ0v) is 13.3. The van der Waals surface area contributed by atoms with Crippen LogP contribution in [0, 0.1) is 0 Å². The van der Waals surface area contributed by atoms with Gasteiger partial charge in [-0.2, -0.15) is 0 Å². The molecule has 0 radical (unpaired) electrons. The van der Waals surface area contributed by atoms with E-state index in [-0.39, 0.29) is 17.4 Å². The molecule has 2 aromatic rings. The lowest BCUT2D eigenvalue weighted by molar-refractivity contribution is -0.118. The summed E-state index contributed by atoms with van der Waals surface area (Å²) in [6.45, 7) is -0.190. The lowest BCUT2D eigenvalue weighted by Gasteiger charge is -2.08. The lowest BCUT2D eigenvalue weighted by atomic mass is 10.3. The van der Waals surface area contributed by atoms with Gasteiger partial charge in [-0.3, -0.25) is 4.79 Å². The molecule has 0 heterocycles. The largest absolute Gasteiger partial charge is 0.484 e. The molecule has 0 aliphatic rings. The summed E-state index contributed by atoms with van der Waals surface area (Å²) in [4.78, 5) is 11.9. The Morgan fingerprint density at radius 1 is 1.18 bits per heavy atom. The van der Waals surface area contributed by atoms with E-state index < -0.39 is 9.84 Å². The fraction of sp³-hybridized carbons (Fsp3) is 0.133. The Bertz CT molecular complexity index is 772. The van der Waals surface area contributed by atoms with Crippen LogP contribution in [0.2, 0.25) is 5.02 Å². The second-order valence-corrected chi connectivity index (χ2v) is 7.04. The van der Waals surface area contributed by atoms with E-state index in [1.54, 1.807) is 24.3 Å². The molecule has 0 saturated carbocycles.